The lowest BCUT2D eigenvalue weighted by atomic mass is 9.73. The number of aromatic nitrogens is 1. The van der Waals surface area contributed by atoms with Crippen LogP contribution in [0, 0.1) is 5.41 Å². The second-order valence-electron chi connectivity index (χ2n) is 7.86. The van der Waals surface area contributed by atoms with Gasteiger partial charge < -0.3 is 9.84 Å². The van der Waals surface area contributed by atoms with Crippen molar-refractivity contribution in [1.29, 1.82) is 0 Å². The quantitative estimate of drug-likeness (QED) is 0.756. The topological polar surface area (TPSA) is 59.4 Å². The fourth-order valence-electron chi connectivity index (χ4n) is 3.59. The van der Waals surface area contributed by atoms with Gasteiger partial charge in [-0.25, -0.2) is 4.79 Å². The highest BCUT2D eigenvalue weighted by Gasteiger charge is 2.32. The van der Waals surface area contributed by atoms with Gasteiger partial charge in [-0.2, -0.15) is 0 Å². The Bertz CT molecular complexity index is 795. The predicted molar refractivity (Wildman–Crippen MR) is 98.2 cm³/mol. The molecule has 3 rings (SSSR count). The van der Waals surface area contributed by atoms with Crippen LogP contribution < -0.4 is 4.74 Å². The van der Waals surface area contributed by atoms with Gasteiger partial charge in [0.2, 0.25) is 0 Å². The van der Waals surface area contributed by atoms with Crippen molar-refractivity contribution < 1.29 is 14.6 Å². The maximum atomic E-state index is 11.4. The number of fused-ring (bicyclic) bond motifs is 1. The number of hydrogen-bond acceptors (Lipinski definition) is 3. The Kier molecular flexibility index (Phi) is 4.55. The molecule has 132 valence electrons. The van der Waals surface area contributed by atoms with Crippen molar-refractivity contribution in [3.8, 4) is 16.9 Å². The first kappa shape index (κ1) is 17.5. The van der Waals surface area contributed by atoms with E-state index in [4.69, 9.17) is 9.72 Å². The molecule has 0 saturated carbocycles. The van der Waals surface area contributed by atoms with E-state index in [-0.39, 0.29) is 11.3 Å². The van der Waals surface area contributed by atoms with Crippen molar-refractivity contribution in [2.24, 2.45) is 5.41 Å². The zero-order chi connectivity index (χ0) is 18.2. The molecule has 1 heterocycles. The van der Waals surface area contributed by atoms with E-state index >= 15 is 0 Å². The lowest BCUT2D eigenvalue weighted by Crippen LogP contribution is -2.25. The van der Waals surface area contributed by atoms with Crippen molar-refractivity contribution in [3.63, 3.8) is 0 Å². The molecule has 0 bridgehead atoms. The lowest BCUT2D eigenvalue weighted by Gasteiger charge is -2.33. The minimum atomic E-state index is -1.30. The van der Waals surface area contributed by atoms with Crippen molar-refractivity contribution in [2.75, 3.05) is 0 Å². The molecule has 4 heteroatoms. The van der Waals surface area contributed by atoms with Crippen LogP contribution >= 0.6 is 0 Å². The number of carboxylic acid groups (broad SMARTS) is 1. The lowest BCUT2D eigenvalue weighted by molar-refractivity contribution is 0.143. The molecule has 0 amide bonds. The van der Waals surface area contributed by atoms with Crippen molar-refractivity contribution in [3.05, 3.63) is 47.3 Å². The summed E-state index contributed by atoms with van der Waals surface area (Å²) in [5.74, 6) is 0.474. The molecule has 1 aromatic carbocycles. The Labute approximate surface area is 148 Å². The van der Waals surface area contributed by atoms with Gasteiger partial charge in [-0.05, 0) is 41.7 Å². The Morgan fingerprint density at radius 2 is 1.92 bits per heavy atom. The van der Waals surface area contributed by atoms with E-state index in [1.165, 1.54) is 0 Å². The highest BCUT2D eigenvalue weighted by Crippen LogP contribution is 2.45. The second kappa shape index (κ2) is 6.51. The number of rotatable bonds is 3. The van der Waals surface area contributed by atoms with E-state index in [1.54, 1.807) is 0 Å². The van der Waals surface area contributed by atoms with E-state index in [2.05, 4.69) is 13.8 Å². The first-order valence-corrected chi connectivity index (χ1v) is 8.80. The van der Waals surface area contributed by atoms with Gasteiger partial charge in [0.25, 0.3) is 0 Å². The monoisotopic (exact) mass is 339 g/mol. The van der Waals surface area contributed by atoms with Crippen LogP contribution in [0.2, 0.25) is 0 Å². The molecule has 1 aliphatic carbocycles. The number of ether oxygens (including phenoxy) is 1. The summed E-state index contributed by atoms with van der Waals surface area (Å²) in [5.41, 5.74) is 4.97. The molecule has 0 spiro atoms. The SMILES string of the molecule is CC(C)c1nc2c(c(-c3ccccc3)c1OC(=O)O)CC(C)(C)CC2. The van der Waals surface area contributed by atoms with Gasteiger partial charge in [-0.3, -0.25) is 4.98 Å². The largest absolute Gasteiger partial charge is 0.511 e. The average molecular weight is 339 g/mol. The van der Waals surface area contributed by atoms with Gasteiger partial charge in [0.05, 0.1) is 5.69 Å². The third-order valence-corrected chi connectivity index (χ3v) is 4.86. The molecule has 0 unspecified atom stereocenters. The van der Waals surface area contributed by atoms with E-state index in [9.17, 15) is 9.90 Å². The van der Waals surface area contributed by atoms with E-state index in [0.29, 0.717) is 5.75 Å². The van der Waals surface area contributed by atoms with Crippen LogP contribution in [0.15, 0.2) is 30.3 Å². The summed E-state index contributed by atoms with van der Waals surface area (Å²) >= 11 is 0. The van der Waals surface area contributed by atoms with Crippen molar-refractivity contribution in [1.82, 2.24) is 4.98 Å². The molecule has 1 aromatic heterocycles. The molecule has 0 fully saturated rings. The molecular formula is C21H25NO3. The number of hydrogen-bond donors (Lipinski definition) is 1. The van der Waals surface area contributed by atoms with Crippen LogP contribution in [0.4, 0.5) is 4.79 Å². The van der Waals surface area contributed by atoms with Crippen molar-refractivity contribution in [2.45, 2.75) is 52.9 Å². The molecule has 1 N–H and O–H groups in total. The first-order chi connectivity index (χ1) is 11.8. The third kappa shape index (κ3) is 3.53. The Balaban J connectivity index is 2.33. The van der Waals surface area contributed by atoms with Crippen LogP contribution in [-0.4, -0.2) is 16.2 Å². The maximum absolute atomic E-state index is 11.4. The van der Waals surface area contributed by atoms with Crippen LogP contribution in [0.1, 0.15) is 57.0 Å². The van der Waals surface area contributed by atoms with Crippen LogP contribution in [0.25, 0.3) is 11.1 Å². The summed E-state index contributed by atoms with van der Waals surface area (Å²) in [6, 6.07) is 9.92. The Morgan fingerprint density at radius 3 is 2.52 bits per heavy atom. The normalized spacial score (nSPS) is 15.7. The van der Waals surface area contributed by atoms with E-state index in [0.717, 1.165) is 47.3 Å². The number of benzene rings is 1. The van der Waals surface area contributed by atoms with Gasteiger partial charge in [0.1, 0.15) is 0 Å². The molecule has 0 saturated heterocycles. The summed E-state index contributed by atoms with van der Waals surface area (Å²) in [6.07, 6.45) is 1.57. The minimum Gasteiger partial charge on any atom is -0.449 e. The van der Waals surface area contributed by atoms with Gasteiger partial charge in [-0.15, -0.1) is 0 Å². The number of aryl methyl sites for hydroxylation is 1. The summed E-state index contributed by atoms with van der Waals surface area (Å²) in [7, 11) is 0. The standard InChI is InChI=1S/C21H25NO3/c1-13(2)18-19(25-20(23)24)17(14-8-6-5-7-9-14)15-12-21(3,4)11-10-16(15)22-18/h5-9,13H,10-12H2,1-4H3,(H,23,24). The molecule has 0 aliphatic heterocycles. The predicted octanol–water partition coefficient (Wildman–Crippen LogP) is 5.44. The zero-order valence-electron chi connectivity index (χ0n) is 15.3. The van der Waals surface area contributed by atoms with Crippen LogP contribution in [0.5, 0.6) is 5.75 Å². The molecule has 0 atom stereocenters. The smallest absolute Gasteiger partial charge is 0.449 e. The fraction of sp³-hybridized carbons (Fsp3) is 0.429. The molecule has 2 aromatic rings. The van der Waals surface area contributed by atoms with Gasteiger partial charge in [-0.1, -0.05) is 58.0 Å². The van der Waals surface area contributed by atoms with Crippen LogP contribution in [0.3, 0.4) is 0 Å². The molecule has 25 heavy (non-hydrogen) atoms. The highest BCUT2D eigenvalue weighted by atomic mass is 16.7. The summed E-state index contributed by atoms with van der Waals surface area (Å²) in [5, 5.41) is 9.30. The summed E-state index contributed by atoms with van der Waals surface area (Å²) in [4.78, 5) is 16.2. The Morgan fingerprint density at radius 1 is 1.24 bits per heavy atom. The average Bonchev–Trinajstić information content (AvgIpc) is 2.53. The van der Waals surface area contributed by atoms with Gasteiger partial charge in [0, 0.05) is 11.3 Å². The highest BCUT2D eigenvalue weighted by molar-refractivity contribution is 5.79. The van der Waals surface area contributed by atoms with Crippen LogP contribution in [-0.2, 0) is 12.8 Å². The minimum absolute atomic E-state index is 0.0806. The second-order valence-corrected chi connectivity index (χ2v) is 7.86. The fourth-order valence-corrected chi connectivity index (χ4v) is 3.59. The Hall–Kier alpha value is -2.36. The number of nitrogens with zero attached hydrogens (tertiary/aromatic N) is 1. The molecule has 4 nitrogen and oxygen atoms in total. The third-order valence-electron chi connectivity index (χ3n) is 4.86. The van der Waals surface area contributed by atoms with Gasteiger partial charge >= 0.3 is 6.16 Å². The maximum Gasteiger partial charge on any atom is 0.511 e. The van der Waals surface area contributed by atoms with Gasteiger partial charge in [0.15, 0.2) is 5.75 Å². The molecule has 0 radical (unpaired) electrons. The first-order valence-electron chi connectivity index (χ1n) is 8.80. The summed E-state index contributed by atoms with van der Waals surface area (Å²) < 4.78 is 5.28. The molecular weight excluding hydrogens is 314 g/mol. The zero-order valence-corrected chi connectivity index (χ0v) is 15.3. The number of carbonyl (C=O) groups is 1. The van der Waals surface area contributed by atoms with Crippen molar-refractivity contribution >= 4 is 6.16 Å². The summed E-state index contributed by atoms with van der Waals surface area (Å²) in [6.45, 7) is 8.54. The molecule has 1 aliphatic rings. The number of pyridine rings is 1. The van der Waals surface area contributed by atoms with E-state index in [1.807, 2.05) is 44.2 Å². The van der Waals surface area contributed by atoms with E-state index < -0.39 is 6.16 Å².